The summed E-state index contributed by atoms with van der Waals surface area (Å²) in [5.41, 5.74) is -0.568. The molecule has 1 atom stereocenters. The van der Waals surface area contributed by atoms with Crippen molar-refractivity contribution in [1.29, 1.82) is 0 Å². The van der Waals surface area contributed by atoms with Crippen LogP contribution in [0.5, 0.6) is 0 Å². The first kappa shape index (κ1) is 17.3. The van der Waals surface area contributed by atoms with Gasteiger partial charge in [0.15, 0.2) is 0 Å². The summed E-state index contributed by atoms with van der Waals surface area (Å²) in [6.45, 7) is 6.22. The normalized spacial score (nSPS) is 18.0. The highest BCUT2D eigenvalue weighted by Crippen LogP contribution is 2.21. The van der Waals surface area contributed by atoms with Crippen LogP contribution in [-0.2, 0) is 9.59 Å². The second-order valence-electron chi connectivity index (χ2n) is 6.46. The number of carbonyl (C=O) groups excluding carboxylic acids is 2. The Morgan fingerprint density at radius 2 is 1.71 bits per heavy atom. The standard InChI is InChI=1S/C14H25N3O4/c1-14(2,3)10(12(19)20)16-13(21)17-7-5-9(6-8-17)11(18)15-4/h9-10H,5-8H2,1-4H3,(H,15,18)(H,16,21)(H,19,20)/t10-/m0/s1. The van der Waals surface area contributed by atoms with E-state index < -0.39 is 17.4 Å². The van der Waals surface area contributed by atoms with Crippen LogP contribution in [0.1, 0.15) is 33.6 Å². The molecule has 1 rings (SSSR count). The summed E-state index contributed by atoms with van der Waals surface area (Å²) in [5, 5.41) is 14.4. The molecular formula is C14H25N3O4. The van der Waals surface area contributed by atoms with Crippen molar-refractivity contribution >= 4 is 17.9 Å². The van der Waals surface area contributed by atoms with Crippen LogP contribution in [-0.4, -0.2) is 54.1 Å². The van der Waals surface area contributed by atoms with Crippen molar-refractivity contribution in [3.63, 3.8) is 0 Å². The predicted octanol–water partition coefficient (Wildman–Crippen LogP) is 0.653. The van der Waals surface area contributed by atoms with Gasteiger partial charge in [0, 0.05) is 26.1 Å². The van der Waals surface area contributed by atoms with E-state index in [1.54, 1.807) is 32.7 Å². The summed E-state index contributed by atoms with van der Waals surface area (Å²) in [7, 11) is 1.60. The quantitative estimate of drug-likeness (QED) is 0.712. The molecule has 3 N–H and O–H groups in total. The van der Waals surface area contributed by atoms with Crippen molar-refractivity contribution in [2.75, 3.05) is 20.1 Å². The molecule has 1 saturated heterocycles. The molecular weight excluding hydrogens is 274 g/mol. The van der Waals surface area contributed by atoms with Gasteiger partial charge < -0.3 is 20.6 Å². The smallest absolute Gasteiger partial charge is 0.326 e. The number of aliphatic carboxylic acids is 1. The van der Waals surface area contributed by atoms with Gasteiger partial charge in [0.05, 0.1) is 0 Å². The molecule has 1 fully saturated rings. The molecule has 0 spiro atoms. The Bertz CT molecular complexity index is 409. The van der Waals surface area contributed by atoms with Gasteiger partial charge in [-0.2, -0.15) is 0 Å². The summed E-state index contributed by atoms with van der Waals surface area (Å²) < 4.78 is 0. The Kier molecular flexibility index (Phi) is 5.57. The van der Waals surface area contributed by atoms with Crippen LogP contribution < -0.4 is 10.6 Å². The Hall–Kier alpha value is -1.79. The highest BCUT2D eigenvalue weighted by Gasteiger charge is 2.35. The number of amides is 3. The first-order valence-corrected chi connectivity index (χ1v) is 7.16. The summed E-state index contributed by atoms with van der Waals surface area (Å²) in [4.78, 5) is 36.5. The largest absolute Gasteiger partial charge is 0.480 e. The van der Waals surface area contributed by atoms with E-state index in [0.29, 0.717) is 25.9 Å². The number of nitrogens with one attached hydrogen (secondary N) is 2. The van der Waals surface area contributed by atoms with Crippen molar-refractivity contribution in [3.05, 3.63) is 0 Å². The molecule has 3 amide bonds. The van der Waals surface area contributed by atoms with Crippen LogP contribution in [0.15, 0.2) is 0 Å². The van der Waals surface area contributed by atoms with Crippen molar-refractivity contribution < 1.29 is 19.5 Å². The molecule has 120 valence electrons. The predicted molar refractivity (Wildman–Crippen MR) is 77.8 cm³/mol. The third-order valence-electron chi connectivity index (χ3n) is 3.78. The van der Waals surface area contributed by atoms with Crippen LogP contribution in [0.25, 0.3) is 0 Å². The van der Waals surface area contributed by atoms with Gasteiger partial charge in [0.25, 0.3) is 0 Å². The van der Waals surface area contributed by atoms with E-state index in [9.17, 15) is 19.5 Å². The zero-order valence-corrected chi connectivity index (χ0v) is 13.1. The monoisotopic (exact) mass is 299 g/mol. The minimum absolute atomic E-state index is 0.00633. The van der Waals surface area contributed by atoms with E-state index in [1.165, 1.54) is 0 Å². The molecule has 0 unspecified atom stereocenters. The van der Waals surface area contributed by atoms with Gasteiger partial charge in [-0.25, -0.2) is 9.59 Å². The fourth-order valence-electron chi connectivity index (χ4n) is 2.41. The summed E-state index contributed by atoms with van der Waals surface area (Å²) in [6.07, 6.45) is 1.20. The number of urea groups is 1. The fraction of sp³-hybridized carbons (Fsp3) is 0.786. The number of hydrogen-bond donors (Lipinski definition) is 3. The van der Waals surface area contributed by atoms with E-state index in [0.717, 1.165) is 0 Å². The third-order valence-corrected chi connectivity index (χ3v) is 3.78. The lowest BCUT2D eigenvalue weighted by Crippen LogP contribution is -2.55. The van der Waals surface area contributed by atoms with Gasteiger partial charge in [-0.15, -0.1) is 0 Å². The molecule has 0 aliphatic carbocycles. The van der Waals surface area contributed by atoms with Gasteiger partial charge >= 0.3 is 12.0 Å². The maximum atomic E-state index is 12.2. The van der Waals surface area contributed by atoms with Crippen LogP contribution in [0.2, 0.25) is 0 Å². The average Bonchev–Trinajstić information content (AvgIpc) is 2.42. The summed E-state index contributed by atoms with van der Waals surface area (Å²) in [5.74, 6) is -1.12. The molecule has 1 aliphatic rings. The highest BCUT2D eigenvalue weighted by molar-refractivity contribution is 5.83. The van der Waals surface area contributed by atoms with Gasteiger partial charge in [0.1, 0.15) is 6.04 Å². The van der Waals surface area contributed by atoms with Crippen molar-refractivity contribution in [2.24, 2.45) is 11.3 Å². The second-order valence-corrected chi connectivity index (χ2v) is 6.46. The van der Waals surface area contributed by atoms with E-state index in [1.807, 2.05) is 0 Å². The molecule has 7 heteroatoms. The van der Waals surface area contributed by atoms with Crippen LogP contribution in [0, 0.1) is 11.3 Å². The topological polar surface area (TPSA) is 98.7 Å². The maximum absolute atomic E-state index is 12.2. The lowest BCUT2D eigenvalue weighted by molar-refractivity contribution is -0.142. The van der Waals surface area contributed by atoms with E-state index in [4.69, 9.17) is 0 Å². The van der Waals surface area contributed by atoms with Gasteiger partial charge in [-0.05, 0) is 18.3 Å². The molecule has 1 aliphatic heterocycles. The number of piperidine rings is 1. The Balaban J connectivity index is 2.58. The van der Waals surface area contributed by atoms with E-state index in [-0.39, 0.29) is 17.9 Å². The lowest BCUT2D eigenvalue weighted by Gasteiger charge is -2.34. The number of nitrogens with zero attached hydrogens (tertiary/aromatic N) is 1. The molecule has 0 saturated carbocycles. The Labute approximate surface area is 125 Å². The third kappa shape index (κ3) is 4.61. The Morgan fingerprint density at radius 1 is 1.19 bits per heavy atom. The zero-order chi connectivity index (χ0) is 16.2. The van der Waals surface area contributed by atoms with E-state index in [2.05, 4.69) is 10.6 Å². The first-order chi connectivity index (χ1) is 9.66. The van der Waals surface area contributed by atoms with Gasteiger partial charge in [-0.3, -0.25) is 4.79 Å². The fourth-order valence-corrected chi connectivity index (χ4v) is 2.41. The van der Waals surface area contributed by atoms with Crippen LogP contribution >= 0.6 is 0 Å². The number of rotatable bonds is 3. The minimum atomic E-state index is -1.05. The molecule has 0 bridgehead atoms. The molecule has 0 aromatic carbocycles. The van der Waals surface area contributed by atoms with Crippen LogP contribution in [0.3, 0.4) is 0 Å². The molecule has 0 aromatic rings. The van der Waals surface area contributed by atoms with Gasteiger partial charge in [0.2, 0.25) is 5.91 Å². The van der Waals surface area contributed by atoms with Crippen molar-refractivity contribution in [2.45, 2.75) is 39.7 Å². The van der Waals surface area contributed by atoms with Crippen molar-refractivity contribution in [1.82, 2.24) is 15.5 Å². The highest BCUT2D eigenvalue weighted by atomic mass is 16.4. The van der Waals surface area contributed by atoms with Crippen LogP contribution in [0.4, 0.5) is 4.79 Å². The molecule has 0 radical (unpaired) electrons. The second kappa shape index (κ2) is 6.78. The maximum Gasteiger partial charge on any atom is 0.326 e. The number of carboxylic acids is 1. The van der Waals surface area contributed by atoms with Gasteiger partial charge in [-0.1, -0.05) is 20.8 Å². The zero-order valence-electron chi connectivity index (χ0n) is 13.1. The molecule has 1 heterocycles. The number of likely N-dealkylation sites (tertiary alicyclic amines) is 1. The SMILES string of the molecule is CNC(=O)C1CCN(C(=O)N[C@@H](C(=O)O)C(C)(C)C)CC1. The first-order valence-electron chi connectivity index (χ1n) is 7.16. The minimum Gasteiger partial charge on any atom is -0.480 e. The summed E-state index contributed by atoms with van der Waals surface area (Å²) in [6, 6.07) is -1.32. The molecule has 21 heavy (non-hydrogen) atoms. The van der Waals surface area contributed by atoms with Crippen molar-refractivity contribution in [3.8, 4) is 0 Å². The Morgan fingerprint density at radius 3 is 2.10 bits per heavy atom. The lowest BCUT2D eigenvalue weighted by atomic mass is 9.87. The number of carboxylic acid groups (broad SMARTS) is 1. The number of carbonyl (C=O) groups is 3. The molecule has 0 aromatic heterocycles. The molecule has 7 nitrogen and oxygen atoms in total. The number of hydrogen-bond acceptors (Lipinski definition) is 3. The van der Waals surface area contributed by atoms with E-state index >= 15 is 0 Å². The average molecular weight is 299 g/mol. The summed E-state index contributed by atoms with van der Waals surface area (Å²) >= 11 is 0.